The summed E-state index contributed by atoms with van der Waals surface area (Å²) in [5.74, 6) is 0. The number of hydrogen-bond acceptors (Lipinski definition) is 2. The average Bonchev–Trinajstić information content (AvgIpc) is 2.79. The van der Waals surface area contributed by atoms with Crippen molar-refractivity contribution in [3.8, 4) is 0 Å². The second-order valence-electron chi connectivity index (χ2n) is 5.88. The highest BCUT2D eigenvalue weighted by Crippen LogP contribution is 2.50. The fourth-order valence-corrected chi connectivity index (χ4v) is 3.82. The highest BCUT2D eigenvalue weighted by molar-refractivity contribution is 5.95. The molecule has 0 radical (unpaired) electrons. The first-order valence-corrected chi connectivity index (χ1v) is 7.19. The molecule has 0 bridgehead atoms. The van der Waals surface area contributed by atoms with Crippen molar-refractivity contribution < 1.29 is 4.76 Å². The third-order valence-electron chi connectivity index (χ3n) is 4.81. The van der Waals surface area contributed by atoms with Gasteiger partial charge in [0.25, 0.3) is 0 Å². The summed E-state index contributed by atoms with van der Waals surface area (Å²) in [4.78, 5) is 14.0. The summed E-state index contributed by atoms with van der Waals surface area (Å²) in [6.45, 7) is 4.30. The average molecular weight is 277 g/mol. The Balaban J connectivity index is 2.03. The smallest absolute Gasteiger partial charge is 0.235 e. The van der Waals surface area contributed by atoms with E-state index in [2.05, 4.69) is 50.1 Å². The lowest BCUT2D eigenvalue weighted by Gasteiger charge is -2.31. The minimum Gasteiger partial charge on any atom is -0.363 e. The number of likely N-dealkylation sites (N-methyl/N-ethyl adjacent to an activating group) is 1. The van der Waals surface area contributed by atoms with Gasteiger partial charge in [0.15, 0.2) is 0 Å². The van der Waals surface area contributed by atoms with Crippen LogP contribution in [0.15, 0.2) is 65.0 Å². The lowest BCUT2D eigenvalue weighted by atomic mass is 9.79. The zero-order valence-electron chi connectivity index (χ0n) is 12.4. The Morgan fingerprint density at radius 1 is 1.19 bits per heavy atom. The van der Waals surface area contributed by atoms with E-state index < -0.39 is 0 Å². The number of para-hydroxylation sites is 1. The normalized spacial score (nSPS) is 23.2. The quantitative estimate of drug-likeness (QED) is 0.673. The molecule has 0 amide bonds. The van der Waals surface area contributed by atoms with Gasteiger partial charge in [0.2, 0.25) is 12.4 Å². The predicted molar refractivity (Wildman–Crippen MR) is 84.8 cm³/mol. The van der Waals surface area contributed by atoms with Gasteiger partial charge in [-0.3, -0.25) is 0 Å². The molecule has 3 aliphatic rings. The van der Waals surface area contributed by atoms with Gasteiger partial charge >= 0.3 is 0 Å². The molecule has 0 spiro atoms. The molecule has 2 aliphatic heterocycles. The van der Waals surface area contributed by atoms with Gasteiger partial charge in [-0.1, -0.05) is 18.2 Å². The van der Waals surface area contributed by atoms with Gasteiger partial charge in [0.05, 0.1) is 16.4 Å². The van der Waals surface area contributed by atoms with E-state index in [4.69, 9.17) is 0 Å². The minimum atomic E-state index is 0.275. The van der Waals surface area contributed by atoms with Crippen LogP contribution in [0.2, 0.25) is 0 Å². The summed E-state index contributed by atoms with van der Waals surface area (Å²) < 4.78 is 0.890. The largest absolute Gasteiger partial charge is 0.363 e. The fraction of sp³-hybridized carbons (Fsp3) is 0.222. The molecule has 4 rings (SSSR count). The van der Waals surface area contributed by atoms with Crippen LogP contribution in [-0.2, 0) is 0 Å². The Kier molecular flexibility index (Phi) is 2.37. The van der Waals surface area contributed by atoms with Gasteiger partial charge in [0.1, 0.15) is 0 Å². The van der Waals surface area contributed by atoms with Crippen LogP contribution in [-0.4, -0.2) is 17.8 Å². The zero-order chi connectivity index (χ0) is 14.7. The number of anilines is 1. The molecular formula is C18H17N2O+. The fourth-order valence-electron chi connectivity index (χ4n) is 3.82. The molecule has 3 heteroatoms. The Labute approximate surface area is 124 Å². The van der Waals surface area contributed by atoms with Gasteiger partial charge in [-0.05, 0) is 42.2 Å². The highest BCUT2D eigenvalue weighted by Gasteiger charge is 2.40. The zero-order valence-corrected chi connectivity index (χ0v) is 12.4. The molecule has 1 atom stereocenters. The molecule has 0 fully saturated rings. The number of fused-ring (bicyclic) bond motifs is 4. The van der Waals surface area contributed by atoms with E-state index in [0.29, 0.717) is 0 Å². The SMILES string of the molecule is CC1=C2c3ccccc3N(C)C2C(C)=C2C=C[N+](=O)C=C12. The first kappa shape index (κ1) is 12.3. The van der Waals surface area contributed by atoms with Gasteiger partial charge in [0, 0.05) is 29.3 Å². The monoisotopic (exact) mass is 277 g/mol. The summed E-state index contributed by atoms with van der Waals surface area (Å²) in [7, 11) is 2.15. The first-order chi connectivity index (χ1) is 10.1. The third-order valence-corrected chi connectivity index (χ3v) is 4.81. The van der Waals surface area contributed by atoms with Crippen molar-refractivity contribution in [2.24, 2.45) is 0 Å². The van der Waals surface area contributed by atoms with E-state index in [1.54, 1.807) is 12.4 Å². The van der Waals surface area contributed by atoms with Crippen molar-refractivity contribution in [2.45, 2.75) is 19.9 Å². The molecule has 104 valence electrons. The summed E-state index contributed by atoms with van der Waals surface area (Å²) in [5, 5.41) is 0. The van der Waals surface area contributed by atoms with Crippen LogP contribution in [0.5, 0.6) is 0 Å². The summed E-state index contributed by atoms with van der Waals surface area (Å²) in [6, 6.07) is 8.78. The molecule has 0 N–H and O–H groups in total. The number of hydrogen-bond donors (Lipinski definition) is 0. The molecule has 0 saturated heterocycles. The van der Waals surface area contributed by atoms with Crippen molar-refractivity contribution in [3.63, 3.8) is 0 Å². The number of benzene rings is 1. The van der Waals surface area contributed by atoms with Crippen molar-refractivity contribution in [1.82, 2.24) is 0 Å². The second-order valence-corrected chi connectivity index (χ2v) is 5.88. The van der Waals surface area contributed by atoms with Gasteiger partial charge < -0.3 is 4.90 Å². The van der Waals surface area contributed by atoms with Crippen LogP contribution in [0.1, 0.15) is 19.4 Å². The molecule has 21 heavy (non-hydrogen) atoms. The van der Waals surface area contributed by atoms with E-state index in [1.165, 1.54) is 33.5 Å². The van der Waals surface area contributed by atoms with Crippen LogP contribution in [0.3, 0.4) is 0 Å². The first-order valence-electron chi connectivity index (χ1n) is 7.19. The molecule has 2 heterocycles. The van der Waals surface area contributed by atoms with Crippen LogP contribution >= 0.6 is 0 Å². The molecule has 1 aromatic rings. The molecular weight excluding hydrogens is 260 g/mol. The highest BCUT2D eigenvalue weighted by atomic mass is 16.3. The minimum absolute atomic E-state index is 0.275. The maximum atomic E-state index is 11.7. The van der Waals surface area contributed by atoms with Gasteiger partial charge in [-0.15, -0.1) is 0 Å². The lowest BCUT2D eigenvalue weighted by molar-refractivity contribution is -0.403. The molecule has 1 aliphatic carbocycles. The van der Waals surface area contributed by atoms with E-state index in [-0.39, 0.29) is 6.04 Å². The Morgan fingerprint density at radius 3 is 2.76 bits per heavy atom. The van der Waals surface area contributed by atoms with Gasteiger partial charge in [-0.2, -0.15) is 0 Å². The van der Waals surface area contributed by atoms with Gasteiger partial charge in [-0.25, -0.2) is 0 Å². The standard InChI is InChI=1S/C18H17N2O/c1-11-15-10-20(21)9-8-13(15)12(2)18-17(11)14-6-4-5-7-16(14)19(18)3/h4-10,18H,1-3H3/q+1. The van der Waals surface area contributed by atoms with Crippen molar-refractivity contribution in [1.29, 1.82) is 0 Å². The van der Waals surface area contributed by atoms with Crippen LogP contribution < -0.4 is 4.90 Å². The Hall–Kier alpha value is -2.42. The second kappa shape index (κ2) is 4.04. The molecule has 3 nitrogen and oxygen atoms in total. The maximum absolute atomic E-state index is 11.7. The van der Waals surface area contributed by atoms with Crippen molar-refractivity contribution in [3.05, 3.63) is 75.5 Å². The van der Waals surface area contributed by atoms with Crippen molar-refractivity contribution >= 4 is 11.3 Å². The number of rotatable bonds is 0. The topological polar surface area (TPSA) is 23.3 Å². The molecule has 0 saturated carbocycles. The maximum Gasteiger partial charge on any atom is 0.235 e. The van der Waals surface area contributed by atoms with E-state index in [0.717, 1.165) is 10.3 Å². The van der Waals surface area contributed by atoms with E-state index in [1.807, 2.05) is 6.08 Å². The lowest BCUT2D eigenvalue weighted by Crippen LogP contribution is -2.32. The van der Waals surface area contributed by atoms with E-state index >= 15 is 0 Å². The third kappa shape index (κ3) is 1.49. The van der Waals surface area contributed by atoms with Crippen LogP contribution in [0.25, 0.3) is 5.57 Å². The van der Waals surface area contributed by atoms with Crippen LogP contribution in [0, 0.1) is 4.91 Å². The number of allylic oxidation sites excluding steroid dienone is 4. The number of nitroso groups, excluding NO2 is 1. The Morgan fingerprint density at radius 2 is 1.95 bits per heavy atom. The number of nitrogens with zero attached hydrogens (tertiary/aromatic N) is 2. The summed E-state index contributed by atoms with van der Waals surface area (Å²) in [6.07, 6.45) is 5.22. The van der Waals surface area contributed by atoms with Crippen molar-refractivity contribution in [2.75, 3.05) is 11.9 Å². The molecule has 1 unspecified atom stereocenters. The Bertz CT molecular complexity index is 808. The predicted octanol–water partition coefficient (Wildman–Crippen LogP) is 3.80. The molecule has 1 aromatic carbocycles. The molecule has 0 aromatic heterocycles. The van der Waals surface area contributed by atoms with Crippen LogP contribution in [0.4, 0.5) is 5.69 Å². The van der Waals surface area contributed by atoms with E-state index in [9.17, 15) is 4.91 Å². The summed E-state index contributed by atoms with van der Waals surface area (Å²) in [5.41, 5.74) is 8.65. The summed E-state index contributed by atoms with van der Waals surface area (Å²) >= 11 is 0.